The highest BCUT2D eigenvalue weighted by Crippen LogP contribution is 2.19. The Bertz CT molecular complexity index is 178. The summed E-state index contributed by atoms with van der Waals surface area (Å²) in [6.45, 7) is 7.59. The molecule has 0 saturated heterocycles. The van der Waals surface area contributed by atoms with Crippen LogP contribution in [0.4, 0.5) is 0 Å². The van der Waals surface area contributed by atoms with Crippen LogP contribution in [-0.2, 0) is 4.79 Å². The van der Waals surface area contributed by atoms with Crippen molar-refractivity contribution in [3.63, 3.8) is 0 Å². The molecule has 0 aliphatic carbocycles. The second-order valence-corrected chi connectivity index (χ2v) is 4.71. The smallest absolute Gasteiger partial charge is 0.222 e. The molecule has 3 nitrogen and oxygen atoms in total. The molecule has 0 aromatic carbocycles. The molecule has 0 rings (SSSR count). The highest BCUT2D eigenvalue weighted by atomic mass is 16.2. The number of rotatable bonds is 6. The van der Waals surface area contributed by atoms with E-state index < -0.39 is 0 Å². The lowest BCUT2D eigenvalue weighted by Gasteiger charge is -2.25. The van der Waals surface area contributed by atoms with Gasteiger partial charge in [-0.3, -0.25) is 4.79 Å². The lowest BCUT2D eigenvalue weighted by atomic mass is 9.89. The number of amides is 1. The van der Waals surface area contributed by atoms with Gasteiger partial charge in [0.1, 0.15) is 0 Å². The van der Waals surface area contributed by atoms with Gasteiger partial charge in [-0.25, -0.2) is 0 Å². The molecular formula is C11H24N2O. The summed E-state index contributed by atoms with van der Waals surface area (Å²) in [6, 6.07) is 0. The standard InChI is InChI=1S/C11H24N2O/c1-5-6-7-13(4)10(14)8-11(2,3)9-12/h5-9,12H2,1-4H3. The number of carbonyl (C=O) groups excluding carboxylic acids is 1. The van der Waals surface area contributed by atoms with E-state index in [2.05, 4.69) is 6.92 Å². The predicted octanol–water partition coefficient (Wildman–Crippen LogP) is 1.62. The van der Waals surface area contributed by atoms with Gasteiger partial charge in [0.05, 0.1) is 0 Å². The quantitative estimate of drug-likeness (QED) is 0.708. The van der Waals surface area contributed by atoms with E-state index in [4.69, 9.17) is 5.73 Å². The second-order valence-electron chi connectivity index (χ2n) is 4.71. The third-order valence-corrected chi connectivity index (χ3v) is 2.46. The summed E-state index contributed by atoms with van der Waals surface area (Å²) in [5.74, 6) is 0.203. The molecule has 0 saturated carbocycles. The normalized spacial score (nSPS) is 11.5. The maximum absolute atomic E-state index is 11.7. The van der Waals surface area contributed by atoms with Crippen LogP contribution >= 0.6 is 0 Å². The Morgan fingerprint density at radius 3 is 2.43 bits per heavy atom. The van der Waals surface area contributed by atoms with Gasteiger partial charge < -0.3 is 10.6 Å². The molecule has 0 radical (unpaired) electrons. The fourth-order valence-corrected chi connectivity index (χ4v) is 1.14. The molecule has 0 bridgehead atoms. The van der Waals surface area contributed by atoms with E-state index >= 15 is 0 Å². The molecular weight excluding hydrogens is 176 g/mol. The van der Waals surface area contributed by atoms with Gasteiger partial charge in [-0.1, -0.05) is 27.2 Å². The zero-order valence-electron chi connectivity index (χ0n) is 9.97. The first kappa shape index (κ1) is 13.4. The average molecular weight is 200 g/mol. The fraction of sp³-hybridized carbons (Fsp3) is 0.909. The lowest BCUT2D eigenvalue weighted by Crippen LogP contribution is -2.34. The molecule has 0 aromatic rings. The number of nitrogens with two attached hydrogens (primary N) is 1. The fourth-order valence-electron chi connectivity index (χ4n) is 1.14. The SMILES string of the molecule is CCCCN(C)C(=O)CC(C)(C)CN. The lowest BCUT2D eigenvalue weighted by molar-refractivity contribution is -0.131. The molecule has 0 aromatic heterocycles. The molecule has 2 N–H and O–H groups in total. The molecule has 0 heterocycles. The van der Waals surface area contributed by atoms with Crippen LogP contribution in [0.5, 0.6) is 0 Å². The van der Waals surface area contributed by atoms with Gasteiger partial charge >= 0.3 is 0 Å². The summed E-state index contributed by atoms with van der Waals surface area (Å²) >= 11 is 0. The van der Waals surface area contributed by atoms with Crippen molar-refractivity contribution >= 4 is 5.91 Å². The Hall–Kier alpha value is -0.570. The van der Waals surface area contributed by atoms with E-state index in [0.717, 1.165) is 19.4 Å². The Balaban J connectivity index is 3.95. The minimum Gasteiger partial charge on any atom is -0.346 e. The average Bonchev–Trinajstić information content (AvgIpc) is 2.13. The molecule has 14 heavy (non-hydrogen) atoms. The first-order valence-electron chi connectivity index (χ1n) is 5.37. The van der Waals surface area contributed by atoms with Gasteiger partial charge in [0.25, 0.3) is 0 Å². The van der Waals surface area contributed by atoms with Crippen molar-refractivity contribution in [2.75, 3.05) is 20.1 Å². The zero-order valence-corrected chi connectivity index (χ0v) is 9.97. The Morgan fingerprint density at radius 1 is 1.43 bits per heavy atom. The van der Waals surface area contributed by atoms with Crippen LogP contribution in [0.25, 0.3) is 0 Å². The summed E-state index contributed by atoms with van der Waals surface area (Å²) in [4.78, 5) is 13.5. The minimum absolute atomic E-state index is 0.0719. The summed E-state index contributed by atoms with van der Waals surface area (Å²) in [6.07, 6.45) is 2.74. The molecule has 0 atom stereocenters. The summed E-state index contributed by atoms with van der Waals surface area (Å²) < 4.78 is 0. The molecule has 0 aliphatic heterocycles. The van der Waals surface area contributed by atoms with Crippen LogP contribution in [0.1, 0.15) is 40.0 Å². The van der Waals surface area contributed by atoms with Crippen molar-refractivity contribution in [1.29, 1.82) is 0 Å². The maximum atomic E-state index is 11.7. The molecule has 0 unspecified atom stereocenters. The first-order valence-corrected chi connectivity index (χ1v) is 5.37. The van der Waals surface area contributed by atoms with Crippen LogP contribution in [0.15, 0.2) is 0 Å². The first-order chi connectivity index (χ1) is 6.43. The monoisotopic (exact) mass is 200 g/mol. The van der Waals surface area contributed by atoms with Crippen molar-refractivity contribution in [1.82, 2.24) is 4.90 Å². The molecule has 1 amide bonds. The number of nitrogens with zero attached hydrogens (tertiary/aromatic N) is 1. The Kier molecular flexibility index (Phi) is 5.77. The van der Waals surface area contributed by atoms with Crippen molar-refractivity contribution in [3.05, 3.63) is 0 Å². The zero-order chi connectivity index (χ0) is 11.2. The van der Waals surface area contributed by atoms with Gasteiger partial charge in [-0.05, 0) is 18.4 Å². The highest BCUT2D eigenvalue weighted by molar-refractivity contribution is 5.76. The number of unbranched alkanes of at least 4 members (excludes halogenated alkanes) is 1. The summed E-state index contributed by atoms with van der Waals surface area (Å²) in [5, 5.41) is 0. The van der Waals surface area contributed by atoms with E-state index in [1.807, 2.05) is 20.9 Å². The van der Waals surface area contributed by atoms with E-state index in [1.165, 1.54) is 0 Å². The van der Waals surface area contributed by atoms with Crippen molar-refractivity contribution in [3.8, 4) is 0 Å². The topological polar surface area (TPSA) is 46.3 Å². The maximum Gasteiger partial charge on any atom is 0.222 e. The largest absolute Gasteiger partial charge is 0.346 e. The van der Waals surface area contributed by atoms with Gasteiger partial charge in [-0.2, -0.15) is 0 Å². The van der Waals surface area contributed by atoms with Crippen molar-refractivity contribution < 1.29 is 4.79 Å². The Morgan fingerprint density at radius 2 is 2.00 bits per heavy atom. The van der Waals surface area contributed by atoms with Gasteiger partial charge in [0, 0.05) is 20.0 Å². The van der Waals surface area contributed by atoms with E-state index in [-0.39, 0.29) is 11.3 Å². The van der Waals surface area contributed by atoms with E-state index in [1.54, 1.807) is 4.90 Å². The number of carbonyl (C=O) groups is 1. The molecule has 0 fully saturated rings. The molecule has 3 heteroatoms. The van der Waals surface area contributed by atoms with Crippen LogP contribution < -0.4 is 5.73 Å². The van der Waals surface area contributed by atoms with Gasteiger partial charge in [-0.15, -0.1) is 0 Å². The molecule has 0 aliphatic rings. The van der Waals surface area contributed by atoms with Crippen LogP contribution in [0.3, 0.4) is 0 Å². The van der Waals surface area contributed by atoms with E-state index in [9.17, 15) is 4.79 Å². The van der Waals surface area contributed by atoms with Gasteiger partial charge in [0.15, 0.2) is 0 Å². The second kappa shape index (κ2) is 6.02. The van der Waals surface area contributed by atoms with E-state index in [0.29, 0.717) is 13.0 Å². The van der Waals surface area contributed by atoms with Crippen LogP contribution in [0.2, 0.25) is 0 Å². The van der Waals surface area contributed by atoms with Crippen molar-refractivity contribution in [2.45, 2.75) is 40.0 Å². The molecule has 84 valence electrons. The predicted molar refractivity (Wildman–Crippen MR) is 60.0 cm³/mol. The summed E-state index contributed by atoms with van der Waals surface area (Å²) in [5.41, 5.74) is 5.51. The van der Waals surface area contributed by atoms with Gasteiger partial charge in [0.2, 0.25) is 5.91 Å². The highest BCUT2D eigenvalue weighted by Gasteiger charge is 2.21. The van der Waals surface area contributed by atoms with Crippen LogP contribution in [-0.4, -0.2) is 30.9 Å². The third-order valence-electron chi connectivity index (χ3n) is 2.46. The third kappa shape index (κ3) is 5.22. The number of hydrogen-bond acceptors (Lipinski definition) is 2. The van der Waals surface area contributed by atoms with Crippen LogP contribution in [0, 0.1) is 5.41 Å². The summed E-state index contributed by atoms with van der Waals surface area (Å²) in [7, 11) is 1.87. The van der Waals surface area contributed by atoms with Crippen molar-refractivity contribution in [2.24, 2.45) is 11.1 Å². The molecule has 0 spiro atoms. The Labute approximate surface area is 87.6 Å². The minimum atomic E-state index is -0.0719. The number of hydrogen-bond donors (Lipinski definition) is 1.